The maximum absolute atomic E-state index is 13.0. The molecule has 3 aromatic rings. The highest BCUT2D eigenvalue weighted by atomic mass is 19.1. The molecule has 2 amide bonds. The molecule has 1 heterocycles. The van der Waals surface area contributed by atoms with Crippen molar-refractivity contribution in [2.75, 3.05) is 11.9 Å². The van der Waals surface area contributed by atoms with Crippen molar-refractivity contribution in [1.82, 2.24) is 15.3 Å². The summed E-state index contributed by atoms with van der Waals surface area (Å²) in [7, 11) is 0. The van der Waals surface area contributed by atoms with E-state index in [4.69, 9.17) is 0 Å². The van der Waals surface area contributed by atoms with E-state index in [2.05, 4.69) is 20.6 Å². The fourth-order valence-corrected chi connectivity index (χ4v) is 2.41. The van der Waals surface area contributed by atoms with Gasteiger partial charge in [0.2, 0.25) is 0 Å². The third-order valence-corrected chi connectivity index (χ3v) is 3.73. The fraction of sp³-hybridized carbons (Fsp3) is 0.105. The Morgan fingerprint density at radius 1 is 1.04 bits per heavy atom. The quantitative estimate of drug-likeness (QED) is 0.637. The molecule has 0 fully saturated rings. The zero-order valence-corrected chi connectivity index (χ0v) is 13.8. The minimum atomic E-state index is -0.419. The average Bonchev–Trinajstić information content (AvgIpc) is 3.16. The minimum Gasteiger partial charge on any atom is -0.352 e. The fourth-order valence-electron chi connectivity index (χ4n) is 2.41. The normalized spacial score (nSPS) is 10.3. The van der Waals surface area contributed by atoms with E-state index in [1.54, 1.807) is 36.7 Å². The first-order valence-corrected chi connectivity index (χ1v) is 8.06. The summed E-state index contributed by atoms with van der Waals surface area (Å²) in [6, 6.07) is 11.9. The molecule has 0 unspecified atom stereocenters. The Hall–Kier alpha value is -3.48. The number of H-pyrrole nitrogens is 1. The van der Waals surface area contributed by atoms with Crippen molar-refractivity contribution in [3.05, 3.63) is 83.7 Å². The number of nitrogens with one attached hydrogen (secondary N) is 3. The van der Waals surface area contributed by atoms with Crippen LogP contribution in [0.1, 0.15) is 26.5 Å². The van der Waals surface area contributed by atoms with Crippen molar-refractivity contribution in [3.63, 3.8) is 0 Å². The van der Waals surface area contributed by atoms with Gasteiger partial charge in [0.25, 0.3) is 11.8 Å². The molecule has 26 heavy (non-hydrogen) atoms. The molecule has 0 aliphatic heterocycles. The van der Waals surface area contributed by atoms with Crippen molar-refractivity contribution in [2.45, 2.75) is 6.42 Å². The van der Waals surface area contributed by atoms with Crippen LogP contribution in [-0.2, 0) is 6.42 Å². The number of rotatable bonds is 6. The monoisotopic (exact) mass is 352 g/mol. The number of aromatic amines is 1. The van der Waals surface area contributed by atoms with Crippen LogP contribution in [0.2, 0.25) is 0 Å². The third-order valence-electron chi connectivity index (χ3n) is 3.73. The lowest BCUT2D eigenvalue weighted by Crippen LogP contribution is -2.27. The predicted octanol–water partition coefficient (Wildman–Crippen LogP) is 2.77. The SMILES string of the molecule is O=C(Nc1ccccc1C(=O)NCCc1ncc[nH]1)c1ccc(F)cc1. The van der Waals surface area contributed by atoms with E-state index < -0.39 is 11.7 Å². The molecule has 0 aliphatic rings. The van der Waals surface area contributed by atoms with Gasteiger partial charge in [-0.05, 0) is 36.4 Å². The summed E-state index contributed by atoms with van der Waals surface area (Å²) in [5, 5.41) is 5.49. The molecule has 0 saturated carbocycles. The number of amides is 2. The van der Waals surface area contributed by atoms with Crippen LogP contribution >= 0.6 is 0 Å². The van der Waals surface area contributed by atoms with E-state index in [0.29, 0.717) is 29.8 Å². The number of aromatic nitrogens is 2. The van der Waals surface area contributed by atoms with Gasteiger partial charge in [0.05, 0.1) is 11.3 Å². The van der Waals surface area contributed by atoms with Gasteiger partial charge in [-0.15, -0.1) is 0 Å². The lowest BCUT2D eigenvalue weighted by atomic mass is 10.1. The second-order valence-electron chi connectivity index (χ2n) is 5.55. The molecule has 132 valence electrons. The maximum Gasteiger partial charge on any atom is 0.255 e. The Labute approximate surface area is 149 Å². The average molecular weight is 352 g/mol. The summed E-state index contributed by atoms with van der Waals surface area (Å²) in [5.74, 6) is -0.353. The molecular weight excluding hydrogens is 335 g/mol. The molecule has 2 aromatic carbocycles. The van der Waals surface area contributed by atoms with Crippen LogP contribution in [0.4, 0.5) is 10.1 Å². The van der Waals surface area contributed by atoms with Crippen LogP contribution in [0.15, 0.2) is 60.9 Å². The lowest BCUT2D eigenvalue weighted by Gasteiger charge is -2.11. The first-order valence-electron chi connectivity index (χ1n) is 8.06. The number of hydrogen-bond acceptors (Lipinski definition) is 3. The van der Waals surface area contributed by atoms with Crippen LogP contribution in [0.3, 0.4) is 0 Å². The number of hydrogen-bond donors (Lipinski definition) is 3. The summed E-state index contributed by atoms with van der Waals surface area (Å²) < 4.78 is 13.0. The summed E-state index contributed by atoms with van der Waals surface area (Å²) in [6.07, 6.45) is 3.94. The van der Waals surface area contributed by atoms with Crippen molar-refractivity contribution >= 4 is 17.5 Å². The van der Waals surface area contributed by atoms with Crippen LogP contribution in [-0.4, -0.2) is 28.3 Å². The molecule has 0 bridgehead atoms. The third kappa shape index (κ3) is 4.32. The van der Waals surface area contributed by atoms with Gasteiger partial charge in [0.1, 0.15) is 11.6 Å². The van der Waals surface area contributed by atoms with Crippen LogP contribution in [0, 0.1) is 5.82 Å². The number of carbonyl (C=O) groups excluding carboxylic acids is 2. The molecule has 0 atom stereocenters. The van der Waals surface area contributed by atoms with Crippen molar-refractivity contribution < 1.29 is 14.0 Å². The largest absolute Gasteiger partial charge is 0.352 e. The first-order chi connectivity index (χ1) is 12.6. The van der Waals surface area contributed by atoms with Gasteiger partial charge in [-0.2, -0.15) is 0 Å². The van der Waals surface area contributed by atoms with Gasteiger partial charge in [-0.1, -0.05) is 12.1 Å². The van der Waals surface area contributed by atoms with Gasteiger partial charge in [-0.3, -0.25) is 9.59 Å². The van der Waals surface area contributed by atoms with E-state index >= 15 is 0 Å². The number of para-hydroxylation sites is 1. The van der Waals surface area contributed by atoms with E-state index in [9.17, 15) is 14.0 Å². The number of anilines is 1. The first kappa shape index (κ1) is 17.3. The molecule has 0 radical (unpaired) electrons. The topological polar surface area (TPSA) is 86.9 Å². The Bertz CT molecular complexity index is 892. The van der Waals surface area contributed by atoms with Crippen molar-refractivity contribution in [3.8, 4) is 0 Å². The second kappa shape index (κ2) is 8.06. The Morgan fingerprint density at radius 3 is 2.54 bits per heavy atom. The van der Waals surface area contributed by atoms with Gasteiger partial charge in [0, 0.05) is 30.9 Å². The minimum absolute atomic E-state index is 0.299. The van der Waals surface area contributed by atoms with Crippen LogP contribution in [0.5, 0.6) is 0 Å². The smallest absolute Gasteiger partial charge is 0.255 e. The van der Waals surface area contributed by atoms with E-state index in [1.807, 2.05) is 0 Å². The number of benzene rings is 2. The summed E-state index contributed by atoms with van der Waals surface area (Å²) in [5.41, 5.74) is 1.04. The van der Waals surface area contributed by atoms with E-state index in [0.717, 1.165) is 5.82 Å². The standard InChI is InChI=1S/C19H17FN4O2/c20-14-7-5-13(6-8-14)18(25)24-16-4-2-1-3-15(16)19(26)23-10-9-17-21-11-12-22-17/h1-8,11-12H,9-10H2,(H,21,22)(H,23,26)(H,24,25). The molecule has 7 heteroatoms. The molecular formula is C19H17FN4O2. The Kier molecular flexibility index (Phi) is 5.38. The molecule has 3 N–H and O–H groups in total. The molecule has 0 aliphatic carbocycles. The molecule has 3 rings (SSSR count). The number of nitrogens with zero attached hydrogens (tertiary/aromatic N) is 1. The van der Waals surface area contributed by atoms with Gasteiger partial charge in [-0.25, -0.2) is 9.37 Å². The van der Waals surface area contributed by atoms with E-state index in [-0.39, 0.29) is 5.91 Å². The van der Waals surface area contributed by atoms with E-state index in [1.165, 1.54) is 24.3 Å². The Morgan fingerprint density at radius 2 is 1.81 bits per heavy atom. The molecule has 0 saturated heterocycles. The maximum atomic E-state index is 13.0. The van der Waals surface area contributed by atoms with Crippen molar-refractivity contribution in [1.29, 1.82) is 0 Å². The zero-order chi connectivity index (χ0) is 18.4. The summed E-state index contributed by atoms with van der Waals surface area (Å²) >= 11 is 0. The van der Waals surface area contributed by atoms with Crippen LogP contribution < -0.4 is 10.6 Å². The second-order valence-corrected chi connectivity index (χ2v) is 5.55. The highest BCUT2D eigenvalue weighted by Crippen LogP contribution is 2.16. The van der Waals surface area contributed by atoms with Gasteiger partial charge in [0.15, 0.2) is 0 Å². The molecule has 6 nitrogen and oxygen atoms in total. The number of halogens is 1. The van der Waals surface area contributed by atoms with Gasteiger partial charge >= 0.3 is 0 Å². The number of carbonyl (C=O) groups is 2. The molecule has 1 aromatic heterocycles. The predicted molar refractivity (Wildman–Crippen MR) is 95.4 cm³/mol. The Balaban J connectivity index is 1.66. The lowest BCUT2D eigenvalue weighted by molar-refractivity contribution is 0.0955. The highest BCUT2D eigenvalue weighted by molar-refractivity contribution is 6.08. The zero-order valence-electron chi connectivity index (χ0n) is 13.8. The summed E-state index contributed by atoms with van der Waals surface area (Å²) in [6.45, 7) is 0.409. The van der Waals surface area contributed by atoms with Crippen molar-refractivity contribution in [2.24, 2.45) is 0 Å². The van der Waals surface area contributed by atoms with Gasteiger partial charge < -0.3 is 15.6 Å². The highest BCUT2D eigenvalue weighted by Gasteiger charge is 2.14. The number of imidazole rings is 1. The van der Waals surface area contributed by atoms with Crippen LogP contribution in [0.25, 0.3) is 0 Å². The summed E-state index contributed by atoms with van der Waals surface area (Å²) in [4.78, 5) is 31.8. The molecule has 0 spiro atoms.